The summed E-state index contributed by atoms with van der Waals surface area (Å²) in [5.74, 6) is 2.17. The summed E-state index contributed by atoms with van der Waals surface area (Å²) in [4.78, 5) is 4.57. The van der Waals surface area contributed by atoms with Gasteiger partial charge >= 0.3 is 0 Å². The number of rotatable bonds is 14. The molecule has 2 N–H and O–H groups in total. The van der Waals surface area contributed by atoms with Crippen LogP contribution in [0.25, 0.3) is 0 Å². The number of hydrogen-bond acceptors (Lipinski definition) is 4. The van der Waals surface area contributed by atoms with Crippen molar-refractivity contribution in [3.8, 4) is 0 Å². The summed E-state index contributed by atoms with van der Waals surface area (Å²) in [6.45, 7) is 6.96. The van der Waals surface area contributed by atoms with Crippen molar-refractivity contribution in [2.75, 3.05) is 58.6 Å². The third kappa shape index (κ3) is 15.7. The molecule has 0 fully saturated rings. The monoisotopic (exact) mass is 319 g/mol. The first-order valence-corrected chi connectivity index (χ1v) is 9.32. The number of nitrogens with zero attached hydrogens (tertiary/aromatic N) is 1. The van der Waals surface area contributed by atoms with Crippen molar-refractivity contribution in [1.82, 2.24) is 10.6 Å². The number of nitrogens with one attached hydrogen (secondary N) is 2. The lowest BCUT2D eigenvalue weighted by Gasteiger charge is -2.11. The van der Waals surface area contributed by atoms with Gasteiger partial charge < -0.3 is 20.1 Å². The summed E-state index contributed by atoms with van der Waals surface area (Å²) >= 11 is 1.90. The number of guanidine groups is 1. The number of unbranched alkanes of at least 4 members (excludes halogenated alkanes) is 2. The zero-order valence-corrected chi connectivity index (χ0v) is 14.8. The lowest BCUT2D eigenvalue weighted by atomic mass is 10.3. The smallest absolute Gasteiger partial charge is 0.191 e. The average molecular weight is 320 g/mol. The number of thioether (sulfide) groups is 1. The summed E-state index contributed by atoms with van der Waals surface area (Å²) in [5, 5.41) is 6.66. The maximum Gasteiger partial charge on any atom is 0.191 e. The highest BCUT2D eigenvalue weighted by molar-refractivity contribution is 7.98. The first kappa shape index (κ1) is 20.5. The summed E-state index contributed by atoms with van der Waals surface area (Å²) in [7, 11) is 1.69. The molecule has 0 atom stereocenters. The fourth-order valence-electron chi connectivity index (χ4n) is 1.67. The predicted octanol–water partition coefficient (Wildman–Crippen LogP) is 2.13. The van der Waals surface area contributed by atoms with Gasteiger partial charge in [-0.15, -0.1) is 0 Å². The molecule has 0 saturated carbocycles. The average Bonchev–Trinajstić information content (AvgIpc) is 2.49. The largest absolute Gasteiger partial charge is 0.382 e. The Morgan fingerprint density at radius 2 is 1.90 bits per heavy atom. The van der Waals surface area contributed by atoms with Crippen LogP contribution < -0.4 is 10.6 Å². The molecule has 0 aromatic carbocycles. The Bertz CT molecular complexity index is 241. The number of methoxy groups -OCH3 is 1. The van der Waals surface area contributed by atoms with Crippen LogP contribution >= 0.6 is 11.8 Å². The molecule has 0 aliphatic heterocycles. The molecule has 0 heterocycles. The maximum atomic E-state index is 5.42. The molecule has 0 rings (SSSR count). The molecule has 21 heavy (non-hydrogen) atoms. The molecule has 0 unspecified atom stereocenters. The van der Waals surface area contributed by atoms with E-state index in [2.05, 4.69) is 28.8 Å². The molecule has 0 spiro atoms. The molecule has 0 amide bonds. The van der Waals surface area contributed by atoms with Gasteiger partial charge in [0.05, 0.1) is 13.2 Å². The molecule has 0 saturated heterocycles. The lowest BCUT2D eigenvalue weighted by molar-refractivity contribution is 0.0690. The molecule has 0 aliphatic rings. The van der Waals surface area contributed by atoms with Gasteiger partial charge in [-0.1, -0.05) is 0 Å². The molecule has 126 valence electrons. The van der Waals surface area contributed by atoms with Crippen LogP contribution in [0.2, 0.25) is 0 Å². The highest BCUT2D eigenvalue weighted by atomic mass is 32.2. The molecular formula is C15H33N3O2S. The fraction of sp³-hybridized carbons (Fsp3) is 0.933. The van der Waals surface area contributed by atoms with Crippen molar-refractivity contribution in [3.05, 3.63) is 0 Å². The quantitative estimate of drug-likeness (QED) is 0.292. The highest BCUT2D eigenvalue weighted by Gasteiger charge is 1.96. The molecule has 0 aromatic rings. The molecule has 6 heteroatoms. The third-order valence-corrected chi connectivity index (χ3v) is 3.51. The predicted molar refractivity (Wildman–Crippen MR) is 93.5 cm³/mol. The normalized spacial score (nSPS) is 11.7. The Morgan fingerprint density at radius 3 is 2.62 bits per heavy atom. The van der Waals surface area contributed by atoms with Crippen molar-refractivity contribution in [1.29, 1.82) is 0 Å². The van der Waals surface area contributed by atoms with E-state index in [-0.39, 0.29) is 0 Å². The SMILES string of the molecule is CCNC(=NCCCCOCCOC)NCCCCSC. The van der Waals surface area contributed by atoms with Crippen molar-refractivity contribution in [2.45, 2.75) is 32.6 Å². The summed E-state index contributed by atoms with van der Waals surface area (Å²) in [5.41, 5.74) is 0. The van der Waals surface area contributed by atoms with E-state index >= 15 is 0 Å². The molecule has 0 aliphatic carbocycles. The van der Waals surface area contributed by atoms with E-state index in [9.17, 15) is 0 Å². The first-order chi connectivity index (χ1) is 10.3. The van der Waals surface area contributed by atoms with Crippen LogP contribution in [0.15, 0.2) is 4.99 Å². The van der Waals surface area contributed by atoms with Crippen LogP contribution in [0.4, 0.5) is 0 Å². The van der Waals surface area contributed by atoms with Gasteiger partial charge in [0.2, 0.25) is 0 Å². The third-order valence-electron chi connectivity index (χ3n) is 2.81. The van der Waals surface area contributed by atoms with Gasteiger partial charge in [-0.25, -0.2) is 0 Å². The summed E-state index contributed by atoms with van der Waals surface area (Å²) in [6.07, 6.45) is 6.69. The number of hydrogen-bond donors (Lipinski definition) is 2. The second kappa shape index (κ2) is 17.6. The van der Waals surface area contributed by atoms with E-state index in [0.29, 0.717) is 13.2 Å². The summed E-state index contributed by atoms with van der Waals surface area (Å²) in [6, 6.07) is 0. The van der Waals surface area contributed by atoms with Crippen molar-refractivity contribution in [3.63, 3.8) is 0 Å². The Kier molecular flexibility index (Phi) is 17.2. The van der Waals surface area contributed by atoms with E-state index in [1.807, 2.05) is 11.8 Å². The standard InChI is InChI=1S/C15H33N3O2S/c1-4-16-15(18-10-6-8-14-21-3)17-9-5-7-11-20-13-12-19-2/h4-14H2,1-3H3,(H2,16,17,18). The van der Waals surface area contributed by atoms with Gasteiger partial charge in [0.1, 0.15) is 0 Å². The van der Waals surface area contributed by atoms with E-state index in [1.165, 1.54) is 18.6 Å². The summed E-state index contributed by atoms with van der Waals surface area (Å²) < 4.78 is 10.3. The van der Waals surface area contributed by atoms with Crippen molar-refractivity contribution >= 4 is 17.7 Å². The number of aliphatic imine (C=N–C) groups is 1. The fourth-order valence-corrected chi connectivity index (χ4v) is 2.16. The van der Waals surface area contributed by atoms with Crippen LogP contribution in [-0.2, 0) is 9.47 Å². The Hall–Kier alpha value is -0.460. The molecule has 0 aromatic heterocycles. The van der Waals surface area contributed by atoms with E-state index in [1.54, 1.807) is 7.11 Å². The number of ether oxygens (including phenoxy) is 2. The topological polar surface area (TPSA) is 54.9 Å². The first-order valence-electron chi connectivity index (χ1n) is 7.93. The van der Waals surface area contributed by atoms with Crippen LogP contribution in [0.3, 0.4) is 0 Å². The zero-order chi connectivity index (χ0) is 15.6. The van der Waals surface area contributed by atoms with Gasteiger partial charge in [0.25, 0.3) is 0 Å². The highest BCUT2D eigenvalue weighted by Crippen LogP contribution is 1.97. The van der Waals surface area contributed by atoms with Crippen LogP contribution in [0, 0.1) is 0 Å². The van der Waals surface area contributed by atoms with Crippen LogP contribution in [0.5, 0.6) is 0 Å². The second-order valence-corrected chi connectivity index (χ2v) is 5.69. The minimum atomic E-state index is 0.670. The van der Waals surface area contributed by atoms with Crippen molar-refractivity contribution < 1.29 is 9.47 Å². The Labute approximate surface area is 134 Å². The molecule has 0 radical (unpaired) electrons. The zero-order valence-electron chi connectivity index (χ0n) is 14.0. The minimum absolute atomic E-state index is 0.670. The van der Waals surface area contributed by atoms with Gasteiger partial charge in [-0.3, -0.25) is 4.99 Å². The van der Waals surface area contributed by atoms with E-state index in [4.69, 9.17) is 9.47 Å². The van der Waals surface area contributed by atoms with Gasteiger partial charge in [-0.2, -0.15) is 11.8 Å². The maximum absolute atomic E-state index is 5.42. The molecule has 5 nitrogen and oxygen atoms in total. The molecule has 0 bridgehead atoms. The van der Waals surface area contributed by atoms with E-state index in [0.717, 1.165) is 45.0 Å². The van der Waals surface area contributed by atoms with Crippen LogP contribution in [0.1, 0.15) is 32.6 Å². The second-order valence-electron chi connectivity index (χ2n) is 4.70. The Balaban J connectivity index is 3.59. The lowest BCUT2D eigenvalue weighted by Crippen LogP contribution is -2.37. The van der Waals surface area contributed by atoms with Gasteiger partial charge in [0, 0.05) is 33.4 Å². The van der Waals surface area contributed by atoms with Crippen LogP contribution in [-0.4, -0.2) is 64.5 Å². The molecular weight excluding hydrogens is 286 g/mol. The van der Waals surface area contributed by atoms with Crippen molar-refractivity contribution in [2.24, 2.45) is 4.99 Å². The van der Waals surface area contributed by atoms with E-state index < -0.39 is 0 Å². The Morgan fingerprint density at radius 1 is 1.05 bits per heavy atom. The van der Waals surface area contributed by atoms with Gasteiger partial charge in [0.15, 0.2) is 5.96 Å². The van der Waals surface area contributed by atoms with Gasteiger partial charge in [-0.05, 0) is 44.6 Å². The minimum Gasteiger partial charge on any atom is -0.382 e.